The molecule has 50 valence electrons. The third kappa shape index (κ3) is 6.80. The average Bonchev–Trinajstić information content (AvgIpc) is 1.66. The van der Waals surface area contributed by atoms with E-state index >= 15 is 0 Å². The molecule has 0 aliphatic heterocycles. The Morgan fingerprint density at radius 2 is 2.38 bits per heavy atom. The van der Waals surface area contributed by atoms with Crippen LogP contribution in [-0.2, 0) is 15.5 Å². The van der Waals surface area contributed by atoms with E-state index in [0.29, 0.717) is 6.61 Å². The molecule has 0 bridgehead atoms. The SMILES string of the molecule is O=S([O-])OCCCI. The van der Waals surface area contributed by atoms with Crippen LogP contribution in [0.25, 0.3) is 0 Å². The van der Waals surface area contributed by atoms with Crippen LogP contribution < -0.4 is 0 Å². The summed E-state index contributed by atoms with van der Waals surface area (Å²) in [4.78, 5) is 0. The van der Waals surface area contributed by atoms with Crippen LogP contribution in [0.5, 0.6) is 0 Å². The van der Waals surface area contributed by atoms with Crippen molar-refractivity contribution in [2.45, 2.75) is 6.42 Å². The van der Waals surface area contributed by atoms with E-state index in [4.69, 9.17) is 0 Å². The highest BCUT2D eigenvalue weighted by atomic mass is 127. The van der Waals surface area contributed by atoms with Crippen LogP contribution in [-0.4, -0.2) is 19.8 Å². The summed E-state index contributed by atoms with van der Waals surface area (Å²) in [5, 5.41) is 0. The van der Waals surface area contributed by atoms with Gasteiger partial charge in [0.05, 0.1) is 18.0 Å². The van der Waals surface area contributed by atoms with Gasteiger partial charge in [0, 0.05) is 4.43 Å². The van der Waals surface area contributed by atoms with Crippen molar-refractivity contribution in [3.8, 4) is 0 Å². The second-order valence-corrected chi connectivity index (χ2v) is 2.79. The van der Waals surface area contributed by atoms with Gasteiger partial charge in [0.2, 0.25) is 0 Å². The Labute approximate surface area is 64.4 Å². The molecule has 8 heavy (non-hydrogen) atoms. The second kappa shape index (κ2) is 5.93. The first-order valence-corrected chi connectivity index (χ1v) is 4.58. The lowest BCUT2D eigenvalue weighted by Crippen LogP contribution is -1.97. The van der Waals surface area contributed by atoms with Gasteiger partial charge in [-0.15, -0.1) is 0 Å². The second-order valence-electron chi connectivity index (χ2n) is 1.07. The van der Waals surface area contributed by atoms with Crippen molar-refractivity contribution in [1.82, 2.24) is 0 Å². The molecule has 3 nitrogen and oxygen atoms in total. The van der Waals surface area contributed by atoms with Gasteiger partial charge in [-0.25, -0.2) is 4.21 Å². The van der Waals surface area contributed by atoms with Crippen molar-refractivity contribution in [3.05, 3.63) is 0 Å². The molecule has 0 amide bonds. The first-order chi connectivity index (χ1) is 3.77. The first-order valence-electron chi connectivity index (χ1n) is 2.06. The predicted octanol–water partition coefficient (Wildman–Crippen LogP) is 0.622. The van der Waals surface area contributed by atoms with Crippen molar-refractivity contribution in [2.75, 3.05) is 11.0 Å². The molecule has 0 aliphatic rings. The maximum Gasteiger partial charge on any atom is 0.0842 e. The molecule has 0 heterocycles. The van der Waals surface area contributed by atoms with Crippen LogP contribution in [0.4, 0.5) is 0 Å². The molecule has 1 unspecified atom stereocenters. The van der Waals surface area contributed by atoms with Gasteiger partial charge in [-0.05, 0) is 6.42 Å². The molecule has 0 spiro atoms. The monoisotopic (exact) mass is 249 g/mol. The van der Waals surface area contributed by atoms with Crippen LogP contribution >= 0.6 is 22.6 Å². The first kappa shape index (κ1) is 8.80. The predicted molar refractivity (Wildman–Crippen MR) is 38.4 cm³/mol. The lowest BCUT2D eigenvalue weighted by Gasteiger charge is -2.02. The van der Waals surface area contributed by atoms with Gasteiger partial charge in [-0.3, -0.25) is 0 Å². The molecule has 0 saturated heterocycles. The molecule has 0 radical (unpaired) electrons. The molecule has 1 atom stereocenters. The van der Waals surface area contributed by atoms with Crippen LogP contribution in [0.1, 0.15) is 6.42 Å². The van der Waals surface area contributed by atoms with E-state index < -0.39 is 11.4 Å². The molecule has 0 rings (SSSR count). The highest BCUT2D eigenvalue weighted by molar-refractivity contribution is 14.1. The van der Waals surface area contributed by atoms with E-state index in [1.54, 1.807) is 0 Å². The van der Waals surface area contributed by atoms with Gasteiger partial charge < -0.3 is 8.74 Å². The fourth-order valence-electron chi connectivity index (χ4n) is 0.182. The maximum atomic E-state index is 9.65. The Hall–Kier alpha value is 0.800. The minimum absolute atomic E-state index is 0.305. The van der Waals surface area contributed by atoms with Crippen LogP contribution in [0.2, 0.25) is 0 Å². The Bertz CT molecular complexity index is 76.9. The zero-order valence-electron chi connectivity index (χ0n) is 4.13. The molecular weight excluding hydrogens is 243 g/mol. The largest absolute Gasteiger partial charge is 0.750 e. The van der Waals surface area contributed by atoms with E-state index in [2.05, 4.69) is 26.8 Å². The Morgan fingerprint density at radius 1 is 1.75 bits per heavy atom. The number of rotatable bonds is 4. The Kier molecular flexibility index (Phi) is 6.52. The van der Waals surface area contributed by atoms with Crippen molar-refractivity contribution in [2.24, 2.45) is 0 Å². The zero-order valence-corrected chi connectivity index (χ0v) is 7.11. The maximum absolute atomic E-state index is 9.65. The molecule has 0 saturated carbocycles. The molecule has 0 N–H and O–H groups in total. The summed E-state index contributed by atoms with van der Waals surface area (Å²) in [6.45, 7) is 0.305. The van der Waals surface area contributed by atoms with Crippen molar-refractivity contribution in [3.63, 3.8) is 0 Å². The smallest absolute Gasteiger partial charge is 0.0842 e. The van der Waals surface area contributed by atoms with Crippen molar-refractivity contribution >= 4 is 34.0 Å². The van der Waals surface area contributed by atoms with Crippen LogP contribution in [0, 0.1) is 0 Å². The number of alkyl halides is 1. The summed E-state index contributed by atoms with van der Waals surface area (Å²) in [6.07, 6.45) is 0.786. The molecule has 0 aromatic heterocycles. The van der Waals surface area contributed by atoms with Crippen molar-refractivity contribution in [1.29, 1.82) is 0 Å². The quantitative estimate of drug-likeness (QED) is 0.317. The van der Waals surface area contributed by atoms with Gasteiger partial charge >= 0.3 is 0 Å². The third-order valence-electron chi connectivity index (χ3n) is 0.458. The molecular formula is C3H6IO3S-. The molecule has 0 aromatic rings. The number of hydrogen-bond acceptors (Lipinski definition) is 3. The Morgan fingerprint density at radius 3 is 2.75 bits per heavy atom. The van der Waals surface area contributed by atoms with E-state index in [1.165, 1.54) is 0 Å². The highest BCUT2D eigenvalue weighted by Gasteiger charge is 1.82. The highest BCUT2D eigenvalue weighted by Crippen LogP contribution is 1.89. The Balaban J connectivity index is 2.82. The van der Waals surface area contributed by atoms with E-state index in [9.17, 15) is 8.76 Å². The normalized spacial score (nSPS) is 13.8. The number of halogens is 1. The average molecular weight is 249 g/mol. The lowest BCUT2D eigenvalue weighted by atomic mass is 10.5. The fourth-order valence-corrected chi connectivity index (χ4v) is 0.747. The summed E-state index contributed by atoms with van der Waals surface area (Å²) in [7, 11) is 0. The topological polar surface area (TPSA) is 49.4 Å². The van der Waals surface area contributed by atoms with Crippen LogP contribution in [0.15, 0.2) is 0 Å². The zero-order chi connectivity index (χ0) is 6.41. The minimum atomic E-state index is -2.32. The molecule has 0 aromatic carbocycles. The number of hydrogen-bond donors (Lipinski definition) is 0. The van der Waals surface area contributed by atoms with E-state index in [-0.39, 0.29) is 0 Å². The fraction of sp³-hybridized carbons (Fsp3) is 1.00. The van der Waals surface area contributed by atoms with E-state index in [0.717, 1.165) is 10.8 Å². The standard InChI is InChI=1S/C3H7IO3S/c4-2-1-3-7-8(5)6/h1-3H2,(H,5,6)/p-1. The van der Waals surface area contributed by atoms with Crippen LogP contribution in [0.3, 0.4) is 0 Å². The van der Waals surface area contributed by atoms with Crippen molar-refractivity contribution < 1.29 is 12.9 Å². The molecule has 0 fully saturated rings. The summed E-state index contributed by atoms with van der Waals surface area (Å²) >= 11 is -0.167. The van der Waals surface area contributed by atoms with Gasteiger partial charge in [-0.1, -0.05) is 22.6 Å². The minimum Gasteiger partial charge on any atom is -0.750 e. The molecule has 0 aliphatic carbocycles. The summed E-state index contributed by atoms with van der Waals surface area (Å²) in [6, 6.07) is 0. The molecule has 5 heteroatoms. The summed E-state index contributed by atoms with van der Waals surface area (Å²) in [5.41, 5.74) is 0. The van der Waals surface area contributed by atoms with Gasteiger partial charge in [0.25, 0.3) is 0 Å². The lowest BCUT2D eigenvalue weighted by molar-refractivity contribution is 0.302. The summed E-state index contributed by atoms with van der Waals surface area (Å²) < 4.78 is 24.4. The van der Waals surface area contributed by atoms with Gasteiger partial charge in [0.15, 0.2) is 0 Å². The van der Waals surface area contributed by atoms with E-state index in [1.807, 2.05) is 0 Å². The third-order valence-corrected chi connectivity index (χ3v) is 1.58. The van der Waals surface area contributed by atoms with Gasteiger partial charge in [0.1, 0.15) is 0 Å². The summed E-state index contributed by atoms with van der Waals surface area (Å²) in [5.74, 6) is 0. The van der Waals surface area contributed by atoms with Gasteiger partial charge in [-0.2, -0.15) is 0 Å².